The molecule has 8 nitrogen and oxygen atoms in total. The molecule has 0 aliphatic rings. The maximum atomic E-state index is 13.0. The van der Waals surface area contributed by atoms with E-state index in [9.17, 15) is 26.4 Å². The second-order valence-corrected chi connectivity index (χ2v) is 6.83. The Labute approximate surface area is 135 Å². The van der Waals surface area contributed by atoms with Gasteiger partial charge < -0.3 is 5.32 Å². The Bertz CT molecular complexity index is 876. The number of amides is 1. The molecule has 1 amide bonds. The van der Waals surface area contributed by atoms with Crippen LogP contribution < -0.4 is 10.0 Å². The Kier molecular flexibility index (Phi) is 4.80. The van der Waals surface area contributed by atoms with Crippen LogP contribution in [-0.2, 0) is 16.2 Å². The summed E-state index contributed by atoms with van der Waals surface area (Å²) in [5.41, 5.74) is -1.31. The van der Waals surface area contributed by atoms with Crippen LogP contribution in [0.2, 0.25) is 0 Å². The van der Waals surface area contributed by atoms with E-state index in [0.717, 1.165) is 18.5 Å². The fourth-order valence-electron chi connectivity index (χ4n) is 1.95. The van der Waals surface area contributed by atoms with Gasteiger partial charge in [-0.3, -0.25) is 4.79 Å². The quantitative estimate of drug-likeness (QED) is 0.743. The van der Waals surface area contributed by atoms with Gasteiger partial charge in [-0.15, -0.1) is 0 Å². The zero-order valence-electron chi connectivity index (χ0n) is 12.7. The summed E-state index contributed by atoms with van der Waals surface area (Å²) in [4.78, 5) is 16.0. The molecule has 12 heteroatoms. The van der Waals surface area contributed by atoms with E-state index in [1.807, 2.05) is 0 Å². The highest BCUT2D eigenvalue weighted by molar-refractivity contribution is 7.88. The highest BCUT2D eigenvalue weighted by Crippen LogP contribution is 2.30. The number of alkyl halides is 3. The summed E-state index contributed by atoms with van der Waals surface area (Å²) in [6, 6.07) is 0.831. The minimum absolute atomic E-state index is 0.0405. The molecule has 2 heterocycles. The minimum Gasteiger partial charge on any atom is -0.351 e. The van der Waals surface area contributed by atoms with Crippen molar-refractivity contribution in [1.82, 2.24) is 24.6 Å². The van der Waals surface area contributed by atoms with Gasteiger partial charge in [0, 0.05) is 18.8 Å². The number of halogens is 3. The van der Waals surface area contributed by atoms with E-state index in [1.165, 1.54) is 6.92 Å². The summed E-state index contributed by atoms with van der Waals surface area (Å²) in [6.07, 6.45) is -2.70. The predicted octanol–water partition coefficient (Wildman–Crippen LogP) is 0.336. The van der Waals surface area contributed by atoms with E-state index in [0.29, 0.717) is 4.52 Å². The Morgan fingerprint density at radius 3 is 2.58 bits per heavy atom. The molecule has 132 valence electrons. The zero-order chi connectivity index (χ0) is 18.1. The largest absolute Gasteiger partial charge is 0.433 e. The number of aryl methyl sites for hydroxylation is 1. The highest BCUT2D eigenvalue weighted by Gasteiger charge is 2.35. The zero-order valence-corrected chi connectivity index (χ0v) is 13.5. The molecule has 0 atom stereocenters. The Morgan fingerprint density at radius 1 is 1.33 bits per heavy atom. The number of hydrogen-bond acceptors (Lipinski definition) is 5. The molecule has 2 N–H and O–H groups in total. The van der Waals surface area contributed by atoms with Gasteiger partial charge in [0.05, 0.1) is 12.5 Å². The van der Waals surface area contributed by atoms with Gasteiger partial charge in [-0.2, -0.15) is 18.3 Å². The number of nitrogens with zero attached hydrogens (tertiary/aromatic N) is 3. The van der Waals surface area contributed by atoms with Crippen molar-refractivity contribution < 1.29 is 26.4 Å². The summed E-state index contributed by atoms with van der Waals surface area (Å²) in [5.74, 6) is -0.702. The average Bonchev–Trinajstić information content (AvgIpc) is 2.83. The molecule has 0 aromatic carbocycles. The predicted molar refractivity (Wildman–Crippen MR) is 77.9 cm³/mol. The third kappa shape index (κ3) is 4.20. The third-order valence-corrected chi connectivity index (χ3v) is 3.64. The Hall–Kier alpha value is -2.21. The number of rotatable bonds is 5. The molecule has 0 spiro atoms. The van der Waals surface area contributed by atoms with Crippen LogP contribution in [0.4, 0.5) is 13.2 Å². The first kappa shape index (κ1) is 18.1. The molecular weight excluding hydrogens is 351 g/mol. The van der Waals surface area contributed by atoms with Crippen LogP contribution in [0.5, 0.6) is 0 Å². The molecule has 2 aromatic heterocycles. The molecule has 2 aromatic rings. The fraction of sp³-hybridized carbons (Fsp3) is 0.417. The number of nitrogens with one attached hydrogen (secondary N) is 2. The molecule has 0 aliphatic carbocycles. The van der Waals surface area contributed by atoms with Crippen molar-refractivity contribution in [1.29, 1.82) is 0 Å². The number of aromatic nitrogens is 3. The fourth-order valence-corrected chi connectivity index (χ4v) is 2.43. The molecule has 0 radical (unpaired) electrons. The topological polar surface area (TPSA) is 105 Å². The smallest absolute Gasteiger partial charge is 0.351 e. The van der Waals surface area contributed by atoms with E-state index in [2.05, 4.69) is 20.1 Å². The monoisotopic (exact) mass is 365 g/mol. The van der Waals surface area contributed by atoms with E-state index in [4.69, 9.17) is 0 Å². The first-order valence-corrected chi connectivity index (χ1v) is 8.53. The summed E-state index contributed by atoms with van der Waals surface area (Å²) in [7, 11) is -3.39. The normalized spacial score (nSPS) is 12.5. The molecule has 2 rings (SSSR count). The molecule has 0 saturated carbocycles. The van der Waals surface area contributed by atoms with Crippen molar-refractivity contribution in [2.45, 2.75) is 13.1 Å². The summed E-state index contributed by atoms with van der Waals surface area (Å²) in [5, 5.41) is 5.96. The van der Waals surface area contributed by atoms with Crippen LogP contribution in [0.15, 0.2) is 12.3 Å². The van der Waals surface area contributed by atoms with Crippen LogP contribution in [0.1, 0.15) is 21.7 Å². The van der Waals surface area contributed by atoms with Gasteiger partial charge in [-0.05, 0) is 13.0 Å². The third-order valence-electron chi connectivity index (χ3n) is 2.91. The summed E-state index contributed by atoms with van der Waals surface area (Å²) in [6.45, 7) is 1.28. The first-order valence-electron chi connectivity index (χ1n) is 6.64. The van der Waals surface area contributed by atoms with E-state index in [1.54, 1.807) is 0 Å². The molecule has 0 bridgehead atoms. The lowest BCUT2D eigenvalue weighted by atomic mass is 10.3. The second-order valence-electron chi connectivity index (χ2n) is 5.00. The second kappa shape index (κ2) is 6.36. The van der Waals surface area contributed by atoms with E-state index >= 15 is 0 Å². The number of carbonyl (C=O) groups is 1. The molecule has 24 heavy (non-hydrogen) atoms. The van der Waals surface area contributed by atoms with Crippen LogP contribution in [0.3, 0.4) is 0 Å². The van der Waals surface area contributed by atoms with Crippen molar-refractivity contribution in [3.8, 4) is 0 Å². The lowest BCUT2D eigenvalue weighted by Crippen LogP contribution is -2.34. The number of hydrogen-bond donors (Lipinski definition) is 2. The van der Waals surface area contributed by atoms with E-state index < -0.39 is 27.8 Å². The number of carbonyl (C=O) groups excluding carboxylic acids is 1. The Balaban J connectivity index is 2.24. The van der Waals surface area contributed by atoms with Gasteiger partial charge >= 0.3 is 6.18 Å². The van der Waals surface area contributed by atoms with Crippen molar-refractivity contribution in [2.75, 3.05) is 19.3 Å². The molecular formula is C12H14F3N5O3S. The standard InChI is InChI=1S/C12H14F3N5O3S/c1-7-5-9(12(13,14)15)20-10(19-7)8(6-17-20)11(21)16-3-4-18-24(2,22)23/h5-6,18H,3-4H2,1-2H3,(H,16,21). The number of fused-ring (bicyclic) bond motifs is 1. The molecule has 0 saturated heterocycles. The van der Waals surface area contributed by atoms with Gasteiger partial charge in [0.15, 0.2) is 5.65 Å². The van der Waals surface area contributed by atoms with Crippen molar-refractivity contribution in [2.24, 2.45) is 0 Å². The molecule has 0 aliphatic heterocycles. The maximum Gasteiger partial charge on any atom is 0.433 e. The Morgan fingerprint density at radius 2 is 2.00 bits per heavy atom. The SMILES string of the molecule is Cc1cc(C(F)(F)F)n2ncc(C(=O)NCCNS(C)(=O)=O)c2n1. The van der Waals surface area contributed by atoms with Crippen LogP contribution >= 0.6 is 0 Å². The number of sulfonamides is 1. The lowest BCUT2D eigenvalue weighted by Gasteiger charge is -2.10. The van der Waals surface area contributed by atoms with Gasteiger partial charge in [-0.1, -0.05) is 0 Å². The van der Waals surface area contributed by atoms with Crippen molar-refractivity contribution in [3.05, 3.63) is 29.2 Å². The van der Waals surface area contributed by atoms with Gasteiger partial charge in [-0.25, -0.2) is 22.6 Å². The van der Waals surface area contributed by atoms with Crippen LogP contribution in [0.25, 0.3) is 5.65 Å². The van der Waals surface area contributed by atoms with Crippen LogP contribution in [-0.4, -0.2) is 48.3 Å². The summed E-state index contributed by atoms with van der Waals surface area (Å²) >= 11 is 0. The first-order chi connectivity index (χ1) is 11.0. The average molecular weight is 365 g/mol. The maximum absolute atomic E-state index is 13.0. The minimum atomic E-state index is -4.65. The van der Waals surface area contributed by atoms with Crippen LogP contribution in [0, 0.1) is 6.92 Å². The molecule has 0 unspecified atom stereocenters. The lowest BCUT2D eigenvalue weighted by molar-refractivity contribution is -0.142. The summed E-state index contributed by atoms with van der Waals surface area (Å²) < 4.78 is 63.6. The highest BCUT2D eigenvalue weighted by atomic mass is 32.2. The van der Waals surface area contributed by atoms with Gasteiger partial charge in [0.1, 0.15) is 11.3 Å². The van der Waals surface area contributed by atoms with E-state index in [-0.39, 0.29) is 30.0 Å². The van der Waals surface area contributed by atoms with Gasteiger partial charge in [0.2, 0.25) is 10.0 Å². The van der Waals surface area contributed by atoms with Gasteiger partial charge in [0.25, 0.3) is 5.91 Å². The van der Waals surface area contributed by atoms with Crippen molar-refractivity contribution >= 4 is 21.6 Å². The van der Waals surface area contributed by atoms with Crippen molar-refractivity contribution in [3.63, 3.8) is 0 Å². The molecule has 0 fully saturated rings.